The molecule has 0 saturated carbocycles. The Morgan fingerprint density at radius 3 is 1.91 bits per heavy atom. The molecule has 3 heterocycles. The van der Waals surface area contributed by atoms with Gasteiger partial charge >= 0.3 is 5.97 Å². The van der Waals surface area contributed by atoms with E-state index in [-0.39, 0.29) is 36.3 Å². The van der Waals surface area contributed by atoms with Crippen molar-refractivity contribution in [2.45, 2.75) is 77.7 Å². The third-order valence-corrected chi connectivity index (χ3v) is 8.47. The molecule has 2 aromatic heterocycles. The molecule has 0 bridgehead atoms. The molecule has 10 nitrogen and oxygen atoms in total. The Hall–Kier alpha value is -4.54. The number of amides is 1. The summed E-state index contributed by atoms with van der Waals surface area (Å²) in [7, 11) is 0. The van der Waals surface area contributed by atoms with Gasteiger partial charge in [0, 0.05) is 54.6 Å². The number of fused-ring (bicyclic) bond motifs is 2. The lowest BCUT2D eigenvalue weighted by atomic mass is 9.95. The molecule has 3 N–H and O–H groups in total. The van der Waals surface area contributed by atoms with Crippen LogP contribution in [0.15, 0.2) is 78.9 Å². The number of para-hydroxylation sites is 2. The lowest BCUT2D eigenvalue weighted by Crippen LogP contribution is -2.51. The van der Waals surface area contributed by atoms with E-state index in [1.165, 1.54) is 5.56 Å². The van der Waals surface area contributed by atoms with Gasteiger partial charge in [0.15, 0.2) is 11.4 Å². The molecule has 1 amide bonds. The fourth-order valence-corrected chi connectivity index (χ4v) is 6.25. The smallest absolute Gasteiger partial charge is 0.357 e. The van der Waals surface area contributed by atoms with Gasteiger partial charge in [0.25, 0.3) is 5.91 Å². The van der Waals surface area contributed by atoms with E-state index in [1.807, 2.05) is 67.1 Å². The van der Waals surface area contributed by atoms with E-state index in [1.54, 1.807) is 10.7 Å². The first kappa shape index (κ1) is 32.8. The Balaban J connectivity index is 0.000000232. The van der Waals surface area contributed by atoms with Gasteiger partial charge in [-0.25, -0.2) is 4.79 Å². The minimum absolute atomic E-state index is 0.0640. The van der Waals surface area contributed by atoms with Gasteiger partial charge in [-0.15, -0.1) is 0 Å². The summed E-state index contributed by atoms with van der Waals surface area (Å²) in [5, 5.41) is 32.1. The number of aliphatic hydroxyl groups is 1. The number of piperidine rings is 1. The molecule has 0 spiro atoms. The maximum atomic E-state index is 13.2. The van der Waals surface area contributed by atoms with Gasteiger partial charge in [-0.05, 0) is 64.7 Å². The summed E-state index contributed by atoms with van der Waals surface area (Å²) in [5.74, 6) is -1.09. The SMILES string of the molecule is CC(C)n1nc(C(=O)N[C@H]2CC[C@@H](CCO)N(Cc3ccccc3)C2)c2ccccc21.CC(C)n1nc(C(=O)O)c2ccccc21. The number of carboxylic acids is 1. The van der Waals surface area contributed by atoms with Gasteiger partial charge in [0.1, 0.15) is 0 Å². The number of aromatic carboxylic acids is 1. The third kappa shape index (κ3) is 7.29. The molecule has 5 aromatic rings. The van der Waals surface area contributed by atoms with Gasteiger partial charge < -0.3 is 15.5 Å². The molecule has 1 aliphatic rings. The lowest BCUT2D eigenvalue weighted by Gasteiger charge is -2.40. The van der Waals surface area contributed by atoms with Crippen molar-refractivity contribution >= 4 is 33.7 Å². The molecular weight excluding hydrogens is 580 g/mol. The number of nitrogens with one attached hydrogen (secondary N) is 1. The second-order valence-corrected chi connectivity index (χ2v) is 12.4. The van der Waals surface area contributed by atoms with Crippen LogP contribution >= 0.6 is 0 Å². The van der Waals surface area contributed by atoms with Crippen molar-refractivity contribution in [1.29, 1.82) is 0 Å². The van der Waals surface area contributed by atoms with Crippen LogP contribution in [0.4, 0.5) is 0 Å². The number of benzene rings is 3. The number of likely N-dealkylation sites (tertiary alicyclic amines) is 1. The topological polar surface area (TPSA) is 126 Å². The Bertz CT molecular complexity index is 1780. The number of nitrogens with zero attached hydrogens (tertiary/aromatic N) is 5. The Labute approximate surface area is 269 Å². The van der Waals surface area contributed by atoms with E-state index >= 15 is 0 Å². The van der Waals surface area contributed by atoms with Crippen LogP contribution in [0.25, 0.3) is 21.8 Å². The molecule has 1 fully saturated rings. The molecule has 2 atom stereocenters. The predicted octanol–water partition coefficient (Wildman–Crippen LogP) is 6.08. The van der Waals surface area contributed by atoms with Crippen LogP contribution in [0.5, 0.6) is 0 Å². The van der Waals surface area contributed by atoms with E-state index in [2.05, 4.69) is 58.5 Å². The van der Waals surface area contributed by atoms with E-state index in [9.17, 15) is 14.7 Å². The fraction of sp³-hybridized carbons (Fsp3) is 0.389. The first-order chi connectivity index (χ1) is 22.2. The van der Waals surface area contributed by atoms with E-state index < -0.39 is 5.97 Å². The zero-order valence-corrected chi connectivity index (χ0v) is 27.0. The van der Waals surface area contributed by atoms with Crippen LogP contribution in [-0.4, -0.2) is 71.8 Å². The Morgan fingerprint density at radius 2 is 1.35 bits per heavy atom. The summed E-state index contributed by atoms with van der Waals surface area (Å²) in [6.07, 6.45) is 2.63. The van der Waals surface area contributed by atoms with Gasteiger partial charge in [-0.3, -0.25) is 19.1 Å². The molecule has 1 aliphatic heterocycles. The standard InChI is InChI=1S/C25H32N4O2.C11H12N2O2/c1-18(2)29-23-11-7-6-10-22(23)24(27-29)25(31)26-20-12-13-21(14-15-30)28(17-20)16-19-8-4-3-5-9-19;1-7(2)13-9-6-4-3-5-8(9)10(12-13)11(14)15/h3-11,18,20-21,30H,12-17H2,1-2H3,(H,26,31);3-7H,1-2H3,(H,14,15)/t20-,21-;/m0./s1. The molecule has 0 radical (unpaired) electrons. The van der Waals surface area contributed by atoms with Crippen LogP contribution in [0.3, 0.4) is 0 Å². The van der Waals surface area contributed by atoms with Crippen LogP contribution in [0, 0.1) is 0 Å². The maximum absolute atomic E-state index is 13.2. The summed E-state index contributed by atoms with van der Waals surface area (Å²) in [5.41, 5.74) is 3.72. The van der Waals surface area contributed by atoms with Gasteiger partial charge in [-0.2, -0.15) is 10.2 Å². The summed E-state index contributed by atoms with van der Waals surface area (Å²) < 4.78 is 3.66. The number of aromatic nitrogens is 4. The fourth-order valence-electron chi connectivity index (χ4n) is 6.25. The second kappa shape index (κ2) is 14.7. The first-order valence-electron chi connectivity index (χ1n) is 16.0. The van der Waals surface area contributed by atoms with Crippen molar-refractivity contribution in [2.24, 2.45) is 0 Å². The zero-order chi connectivity index (χ0) is 32.8. The van der Waals surface area contributed by atoms with Crippen LogP contribution in [-0.2, 0) is 6.54 Å². The average Bonchev–Trinajstić information content (AvgIpc) is 3.64. The molecular formula is C36H44N6O4. The third-order valence-electron chi connectivity index (χ3n) is 8.47. The molecule has 242 valence electrons. The van der Waals surface area contributed by atoms with Crippen molar-refractivity contribution < 1.29 is 19.8 Å². The molecule has 46 heavy (non-hydrogen) atoms. The van der Waals surface area contributed by atoms with E-state index in [0.717, 1.165) is 48.8 Å². The van der Waals surface area contributed by atoms with E-state index in [4.69, 9.17) is 5.11 Å². The molecule has 10 heteroatoms. The Kier molecular flexibility index (Phi) is 10.5. The zero-order valence-electron chi connectivity index (χ0n) is 27.0. The molecule has 3 aromatic carbocycles. The van der Waals surface area contributed by atoms with Crippen molar-refractivity contribution in [3.63, 3.8) is 0 Å². The highest BCUT2D eigenvalue weighted by Crippen LogP contribution is 2.25. The van der Waals surface area contributed by atoms with E-state index in [0.29, 0.717) is 17.1 Å². The molecule has 1 saturated heterocycles. The monoisotopic (exact) mass is 624 g/mol. The number of hydrogen-bond acceptors (Lipinski definition) is 6. The number of carboxylic acid groups (broad SMARTS) is 1. The highest BCUT2D eigenvalue weighted by Gasteiger charge is 2.30. The van der Waals surface area contributed by atoms with Gasteiger partial charge in [-0.1, -0.05) is 66.7 Å². The lowest BCUT2D eigenvalue weighted by molar-refractivity contribution is 0.0690. The molecule has 0 unspecified atom stereocenters. The number of hydrogen-bond donors (Lipinski definition) is 3. The first-order valence-corrected chi connectivity index (χ1v) is 16.0. The summed E-state index contributed by atoms with van der Waals surface area (Å²) >= 11 is 0. The highest BCUT2D eigenvalue weighted by atomic mass is 16.4. The van der Waals surface area contributed by atoms with Crippen molar-refractivity contribution in [3.05, 3.63) is 95.8 Å². The van der Waals surface area contributed by atoms with Crippen LogP contribution in [0.1, 0.15) is 85.6 Å². The highest BCUT2D eigenvalue weighted by molar-refractivity contribution is 6.05. The predicted molar refractivity (Wildman–Crippen MR) is 180 cm³/mol. The van der Waals surface area contributed by atoms with Crippen molar-refractivity contribution in [2.75, 3.05) is 13.2 Å². The number of rotatable bonds is 9. The summed E-state index contributed by atoms with van der Waals surface area (Å²) in [6, 6.07) is 26.4. The summed E-state index contributed by atoms with van der Waals surface area (Å²) in [4.78, 5) is 26.6. The van der Waals surface area contributed by atoms with Crippen molar-refractivity contribution in [1.82, 2.24) is 29.8 Å². The molecule has 0 aliphatic carbocycles. The Morgan fingerprint density at radius 1 is 0.804 bits per heavy atom. The van der Waals surface area contributed by atoms with Crippen LogP contribution in [0.2, 0.25) is 0 Å². The number of carbonyl (C=O) groups excluding carboxylic acids is 1. The normalized spacial score (nSPS) is 16.9. The summed E-state index contributed by atoms with van der Waals surface area (Å²) in [6.45, 7) is 9.88. The largest absolute Gasteiger partial charge is 0.476 e. The second-order valence-electron chi connectivity index (χ2n) is 12.4. The molecule has 6 rings (SSSR count). The number of aliphatic hydroxyl groups excluding tert-OH is 1. The minimum atomic E-state index is -0.981. The minimum Gasteiger partial charge on any atom is -0.476 e. The maximum Gasteiger partial charge on any atom is 0.357 e. The average molecular weight is 625 g/mol. The van der Waals surface area contributed by atoms with Gasteiger partial charge in [0.05, 0.1) is 11.0 Å². The van der Waals surface area contributed by atoms with Crippen LogP contribution < -0.4 is 5.32 Å². The van der Waals surface area contributed by atoms with Gasteiger partial charge in [0.2, 0.25) is 0 Å². The quantitative estimate of drug-likeness (QED) is 0.182. The van der Waals surface area contributed by atoms with Crippen molar-refractivity contribution in [3.8, 4) is 0 Å². The number of carbonyl (C=O) groups is 2.